The number of carboxylic acids is 1. The Hall–Kier alpha value is -2.37. The van der Waals surface area contributed by atoms with Crippen LogP contribution in [0, 0.1) is 5.82 Å². The number of nitrogens with zero attached hydrogens (tertiary/aromatic N) is 2. The standard InChI is InChI=1S/C14H15FN2O3/c1-8(2)17-12(14(18)19)7-11(16-17)9-4-5-13(20-3)10(15)6-9/h4-8H,1-3H3,(H,18,19). The zero-order chi connectivity index (χ0) is 14.9. The van der Waals surface area contributed by atoms with E-state index in [-0.39, 0.29) is 17.5 Å². The second-order valence-electron chi connectivity index (χ2n) is 4.61. The van der Waals surface area contributed by atoms with Crippen LogP contribution in [0.25, 0.3) is 11.3 Å². The summed E-state index contributed by atoms with van der Waals surface area (Å²) in [5.41, 5.74) is 0.995. The van der Waals surface area contributed by atoms with Crippen molar-refractivity contribution in [3.8, 4) is 17.0 Å². The van der Waals surface area contributed by atoms with Gasteiger partial charge < -0.3 is 9.84 Å². The average Bonchev–Trinajstić information content (AvgIpc) is 2.84. The molecule has 0 bridgehead atoms. The first-order chi connectivity index (χ1) is 9.43. The predicted molar refractivity (Wildman–Crippen MR) is 71.5 cm³/mol. The van der Waals surface area contributed by atoms with E-state index >= 15 is 0 Å². The molecule has 0 saturated heterocycles. The van der Waals surface area contributed by atoms with Crippen LogP contribution in [0.4, 0.5) is 4.39 Å². The maximum absolute atomic E-state index is 13.7. The summed E-state index contributed by atoms with van der Waals surface area (Å²) in [4.78, 5) is 11.2. The number of carbonyl (C=O) groups is 1. The van der Waals surface area contributed by atoms with Gasteiger partial charge >= 0.3 is 5.97 Å². The van der Waals surface area contributed by atoms with Crippen molar-refractivity contribution in [3.63, 3.8) is 0 Å². The van der Waals surface area contributed by atoms with Crippen LogP contribution < -0.4 is 4.74 Å². The number of hydrogen-bond donors (Lipinski definition) is 1. The largest absolute Gasteiger partial charge is 0.494 e. The third kappa shape index (κ3) is 2.49. The molecule has 5 nitrogen and oxygen atoms in total. The first-order valence-electron chi connectivity index (χ1n) is 6.10. The van der Waals surface area contributed by atoms with Crippen molar-refractivity contribution in [2.24, 2.45) is 0 Å². The summed E-state index contributed by atoms with van der Waals surface area (Å²) in [6.45, 7) is 3.66. The normalized spacial score (nSPS) is 10.8. The highest BCUT2D eigenvalue weighted by molar-refractivity contribution is 5.87. The molecule has 2 rings (SSSR count). The van der Waals surface area contributed by atoms with Crippen LogP contribution in [0.3, 0.4) is 0 Å². The molecule has 0 spiro atoms. The zero-order valence-corrected chi connectivity index (χ0v) is 11.4. The second kappa shape index (κ2) is 5.32. The van der Waals surface area contributed by atoms with Crippen molar-refractivity contribution < 1.29 is 19.0 Å². The highest BCUT2D eigenvalue weighted by Gasteiger charge is 2.17. The number of ether oxygens (including phenoxy) is 1. The van der Waals surface area contributed by atoms with Crippen LogP contribution in [0.2, 0.25) is 0 Å². The first-order valence-corrected chi connectivity index (χ1v) is 6.10. The molecule has 0 radical (unpaired) electrons. The van der Waals surface area contributed by atoms with Crippen LogP contribution in [-0.2, 0) is 0 Å². The van der Waals surface area contributed by atoms with Gasteiger partial charge in [0.2, 0.25) is 0 Å². The molecular weight excluding hydrogens is 263 g/mol. The lowest BCUT2D eigenvalue weighted by atomic mass is 10.1. The van der Waals surface area contributed by atoms with E-state index in [9.17, 15) is 9.18 Å². The minimum absolute atomic E-state index is 0.0752. The van der Waals surface area contributed by atoms with Gasteiger partial charge in [0.15, 0.2) is 11.6 Å². The summed E-state index contributed by atoms with van der Waals surface area (Å²) >= 11 is 0. The molecule has 0 saturated carbocycles. The van der Waals surface area contributed by atoms with E-state index in [0.717, 1.165) is 0 Å². The Morgan fingerprint density at radius 3 is 2.55 bits per heavy atom. The Kier molecular flexibility index (Phi) is 3.74. The molecule has 1 N–H and O–H groups in total. The van der Waals surface area contributed by atoms with Gasteiger partial charge in [-0.25, -0.2) is 9.18 Å². The topological polar surface area (TPSA) is 64.3 Å². The Bertz CT molecular complexity index is 650. The smallest absolute Gasteiger partial charge is 0.354 e. The third-order valence-electron chi connectivity index (χ3n) is 2.89. The molecule has 1 heterocycles. The molecule has 1 aromatic heterocycles. The van der Waals surface area contributed by atoms with Crippen LogP contribution in [0.15, 0.2) is 24.3 Å². The molecule has 0 fully saturated rings. The van der Waals surface area contributed by atoms with Crippen molar-refractivity contribution in [1.82, 2.24) is 9.78 Å². The van der Waals surface area contributed by atoms with E-state index in [4.69, 9.17) is 9.84 Å². The highest BCUT2D eigenvalue weighted by atomic mass is 19.1. The quantitative estimate of drug-likeness (QED) is 0.933. The Morgan fingerprint density at radius 2 is 2.10 bits per heavy atom. The number of halogens is 1. The van der Waals surface area contributed by atoms with E-state index in [1.165, 1.54) is 30.0 Å². The number of aromatic nitrogens is 2. The fraction of sp³-hybridized carbons (Fsp3) is 0.286. The predicted octanol–water partition coefficient (Wildman–Crippen LogP) is 2.98. The molecule has 6 heteroatoms. The molecule has 0 amide bonds. The van der Waals surface area contributed by atoms with E-state index in [1.807, 2.05) is 13.8 Å². The lowest BCUT2D eigenvalue weighted by Crippen LogP contribution is -2.11. The number of carboxylic acid groups (broad SMARTS) is 1. The molecule has 0 aliphatic rings. The molecule has 20 heavy (non-hydrogen) atoms. The zero-order valence-electron chi connectivity index (χ0n) is 11.4. The van der Waals surface area contributed by atoms with E-state index in [0.29, 0.717) is 11.3 Å². The second-order valence-corrected chi connectivity index (χ2v) is 4.61. The van der Waals surface area contributed by atoms with Gasteiger partial charge in [-0.05, 0) is 38.1 Å². The Morgan fingerprint density at radius 1 is 1.40 bits per heavy atom. The summed E-state index contributed by atoms with van der Waals surface area (Å²) in [6.07, 6.45) is 0. The minimum atomic E-state index is -1.06. The van der Waals surface area contributed by atoms with E-state index in [1.54, 1.807) is 6.07 Å². The maximum Gasteiger partial charge on any atom is 0.354 e. The lowest BCUT2D eigenvalue weighted by Gasteiger charge is -2.07. The van der Waals surface area contributed by atoms with Crippen molar-refractivity contribution in [3.05, 3.63) is 35.8 Å². The summed E-state index contributed by atoms with van der Waals surface area (Å²) in [6, 6.07) is 5.74. The number of rotatable bonds is 4. The van der Waals surface area contributed by atoms with Crippen molar-refractivity contribution in [1.29, 1.82) is 0 Å². The Labute approximate surface area is 115 Å². The average molecular weight is 278 g/mol. The summed E-state index contributed by atoms with van der Waals surface area (Å²) in [5.74, 6) is -1.44. The van der Waals surface area contributed by atoms with Crippen LogP contribution in [0.5, 0.6) is 5.75 Å². The van der Waals surface area contributed by atoms with Gasteiger partial charge in [0, 0.05) is 11.6 Å². The minimum Gasteiger partial charge on any atom is -0.494 e. The maximum atomic E-state index is 13.7. The summed E-state index contributed by atoms with van der Waals surface area (Å²) in [7, 11) is 1.38. The molecular formula is C14H15FN2O3. The van der Waals surface area contributed by atoms with Crippen molar-refractivity contribution >= 4 is 5.97 Å². The lowest BCUT2D eigenvalue weighted by molar-refractivity contribution is 0.0681. The van der Waals surface area contributed by atoms with E-state index in [2.05, 4.69) is 5.10 Å². The number of benzene rings is 1. The van der Waals surface area contributed by atoms with Gasteiger partial charge in [-0.1, -0.05) is 0 Å². The summed E-state index contributed by atoms with van der Waals surface area (Å²) < 4.78 is 19.9. The molecule has 2 aromatic rings. The Balaban J connectivity index is 2.50. The molecule has 106 valence electrons. The molecule has 0 aliphatic heterocycles. The van der Waals surface area contributed by atoms with Gasteiger partial charge in [-0.15, -0.1) is 0 Å². The fourth-order valence-electron chi connectivity index (χ4n) is 1.91. The summed E-state index contributed by atoms with van der Waals surface area (Å²) in [5, 5.41) is 13.4. The van der Waals surface area contributed by atoms with Gasteiger partial charge in [0.1, 0.15) is 5.69 Å². The van der Waals surface area contributed by atoms with Crippen molar-refractivity contribution in [2.45, 2.75) is 19.9 Å². The van der Waals surface area contributed by atoms with Crippen LogP contribution in [0.1, 0.15) is 30.4 Å². The number of hydrogen-bond acceptors (Lipinski definition) is 3. The first kappa shape index (κ1) is 14.0. The van der Waals surface area contributed by atoms with Crippen molar-refractivity contribution in [2.75, 3.05) is 7.11 Å². The molecule has 0 aliphatic carbocycles. The van der Waals surface area contributed by atoms with Gasteiger partial charge in [0.25, 0.3) is 0 Å². The fourth-order valence-corrected chi connectivity index (χ4v) is 1.91. The molecule has 0 unspecified atom stereocenters. The van der Waals surface area contributed by atoms with Crippen LogP contribution >= 0.6 is 0 Å². The van der Waals surface area contributed by atoms with Gasteiger partial charge in [-0.2, -0.15) is 5.10 Å². The van der Waals surface area contributed by atoms with E-state index < -0.39 is 11.8 Å². The monoisotopic (exact) mass is 278 g/mol. The van der Waals surface area contributed by atoms with Crippen LogP contribution in [-0.4, -0.2) is 28.0 Å². The molecule has 1 aromatic carbocycles. The highest BCUT2D eigenvalue weighted by Crippen LogP contribution is 2.26. The van der Waals surface area contributed by atoms with Gasteiger partial charge in [0.05, 0.1) is 12.8 Å². The number of aromatic carboxylic acids is 1. The molecule has 0 atom stereocenters. The third-order valence-corrected chi connectivity index (χ3v) is 2.89. The number of methoxy groups -OCH3 is 1. The van der Waals surface area contributed by atoms with Gasteiger partial charge in [-0.3, -0.25) is 4.68 Å². The SMILES string of the molecule is COc1ccc(-c2cc(C(=O)O)n(C(C)C)n2)cc1F.